The lowest BCUT2D eigenvalue weighted by Crippen LogP contribution is -2.15. The zero-order valence-electron chi connectivity index (χ0n) is 14.9. The second-order valence-electron chi connectivity index (χ2n) is 5.90. The van der Waals surface area contributed by atoms with Crippen molar-refractivity contribution in [1.29, 1.82) is 0 Å². The summed E-state index contributed by atoms with van der Waals surface area (Å²) >= 11 is 1.11. The van der Waals surface area contributed by atoms with Crippen LogP contribution in [0, 0.1) is 29.8 Å². The smallest absolute Gasteiger partial charge is 0.306 e. The number of halogens is 1. The van der Waals surface area contributed by atoms with Gasteiger partial charge in [-0.15, -0.1) is 5.10 Å². The second-order valence-corrected chi connectivity index (χ2v) is 6.84. The Bertz CT molecular complexity index is 1060. The minimum atomic E-state index is -0.968. The Hall–Kier alpha value is -3.34. The number of nitrogens with one attached hydrogen (secondary N) is 1. The first-order chi connectivity index (χ1) is 13.3. The highest BCUT2D eigenvalue weighted by Crippen LogP contribution is 2.23. The predicted octanol–water partition coefficient (Wildman–Crippen LogP) is 3.06. The first-order valence-electron chi connectivity index (χ1n) is 8.08. The lowest BCUT2D eigenvalue weighted by molar-refractivity contribution is -0.387. The molecule has 9 nitrogen and oxygen atoms in total. The molecule has 3 rings (SSSR count). The molecule has 0 aliphatic rings. The average Bonchev–Trinajstić information content (AvgIpc) is 3.12. The quantitative estimate of drug-likeness (QED) is 0.383. The molecule has 0 aliphatic heterocycles. The van der Waals surface area contributed by atoms with Crippen molar-refractivity contribution in [2.75, 3.05) is 11.1 Å². The largest absolute Gasteiger partial charge is 0.325 e. The van der Waals surface area contributed by atoms with Crippen LogP contribution in [0.3, 0.4) is 0 Å². The molecule has 0 bridgehead atoms. The van der Waals surface area contributed by atoms with Gasteiger partial charge in [-0.3, -0.25) is 14.9 Å². The number of nitro benzene ring substituents is 1. The molecule has 0 fully saturated rings. The summed E-state index contributed by atoms with van der Waals surface area (Å²) in [6.45, 7) is 3.98. The molecule has 0 atom stereocenters. The number of aryl methyl sites for hydroxylation is 2. The number of rotatable bonds is 6. The normalized spacial score (nSPS) is 10.7. The van der Waals surface area contributed by atoms with Crippen molar-refractivity contribution in [3.63, 3.8) is 0 Å². The lowest BCUT2D eigenvalue weighted by atomic mass is 10.1. The third kappa shape index (κ3) is 4.31. The van der Waals surface area contributed by atoms with Gasteiger partial charge >= 0.3 is 5.69 Å². The maximum atomic E-state index is 13.4. The van der Waals surface area contributed by atoms with Gasteiger partial charge in [0.25, 0.3) is 0 Å². The van der Waals surface area contributed by atoms with E-state index < -0.39 is 22.3 Å². The number of hydrogen-bond donors (Lipinski definition) is 1. The van der Waals surface area contributed by atoms with Crippen LogP contribution in [-0.2, 0) is 4.79 Å². The van der Waals surface area contributed by atoms with Crippen LogP contribution in [0.2, 0.25) is 0 Å². The molecule has 3 aromatic rings. The van der Waals surface area contributed by atoms with E-state index in [1.54, 1.807) is 0 Å². The number of hydrogen-bond acceptors (Lipinski definition) is 7. The zero-order valence-corrected chi connectivity index (χ0v) is 15.7. The number of carbonyl (C=O) groups excluding carboxylic acids is 1. The van der Waals surface area contributed by atoms with E-state index in [4.69, 9.17) is 0 Å². The highest BCUT2D eigenvalue weighted by molar-refractivity contribution is 7.99. The van der Waals surface area contributed by atoms with Crippen molar-refractivity contribution in [2.24, 2.45) is 0 Å². The fraction of sp³-hybridized carbons (Fsp3) is 0.176. The number of tetrazole rings is 1. The highest BCUT2D eigenvalue weighted by atomic mass is 32.2. The van der Waals surface area contributed by atoms with Gasteiger partial charge in [0.15, 0.2) is 0 Å². The minimum Gasteiger partial charge on any atom is -0.325 e. The maximum absolute atomic E-state index is 13.4. The van der Waals surface area contributed by atoms with Crippen LogP contribution in [0.4, 0.5) is 15.8 Å². The van der Waals surface area contributed by atoms with Gasteiger partial charge in [-0.2, -0.15) is 9.07 Å². The van der Waals surface area contributed by atoms with E-state index in [0.29, 0.717) is 5.16 Å². The number of nitrogens with zero attached hydrogens (tertiary/aromatic N) is 5. The van der Waals surface area contributed by atoms with Gasteiger partial charge in [-0.1, -0.05) is 17.8 Å². The van der Waals surface area contributed by atoms with Crippen LogP contribution in [-0.4, -0.2) is 36.8 Å². The number of benzene rings is 2. The van der Waals surface area contributed by atoms with Crippen molar-refractivity contribution in [1.82, 2.24) is 20.2 Å². The molecule has 144 valence electrons. The molecule has 0 saturated carbocycles. The van der Waals surface area contributed by atoms with E-state index >= 15 is 0 Å². The molecule has 0 spiro atoms. The first kappa shape index (κ1) is 19.4. The Labute approximate surface area is 163 Å². The Balaban J connectivity index is 1.68. The molecule has 1 heterocycles. The fourth-order valence-corrected chi connectivity index (χ4v) is 3.04. The van der Waals surface area contributed by atoms with Gasteiger partial charge in [-0.05, 0) is 59.7 Å². The highest BCUT2D eigenvalue weighted by Gasteiger charge is 2.16. The van der Waals surface area contributed by atoms with Crippen molar-refractivity contribution >= 4 is 29.0 Å². The summed E-state index contributed by atoms with van der Waals surface area (Å²) in [5, 5.41) is 25.2. The predicted molar refractivity (Wildman–Crippen MR) is 101 cm³/mol. The van der Waals surface area contributed by atoms with Gasteiger partial charge in [0, 0.05) is 11.8 Å². The number of anilines is 1. The molecule has 0 radical (unpaired) electrons. The SMILES string of the molecule is Cc1ccc(-n2nnnc2SCC(=O)Nc2ccc(F)c([N+](=O)[O-])c2)cc1C. The van der Waals surface area contributed by atoms with E-state index in [1.807, 2.05) is 32.0 Å². The van der Waals surface area contributed by atoms with Crippen LogP contribution in [0.5, 0.6) is 0 Å². The second kappa shape index (κ2) is 8.13. The standard InChI is InChI=1S/C17H15FN6O3S/c1-10-3-5-13(7-11(10)2)23-17(20-21-22-23)28-9-16(25)19-12-4-6-14(18)15(8-12)24(26)27/h3-8H,9H2,1-2H3,(H,19,25). The summed E-state index contributed by atoms with van der Waals surface area (Å²) in [5.41, 5.74) is 2.42. The third-order valence-electron chi connectivity index (χ3n) is 3.93. The van der Waals surface area contributed by atoms with Gasteiger partial charge in [0.1, 0.15) is 0 Å². The number of amides is 1. The molecule has 1 amide bonds. The van der Waals surface area contributed by atoms with Gasteiger partial charge in [0.2, 0.25) is 16.9 Å². The Morgan fingerprint density at radius 1 is 1.25 bits per heavy atom. The van der Waals surface area contributed by atoms with Crippen molar-refractivity contribution in [3.8, 4) is 5.69 Å². The minimum absolute atomic E-state index is 0.0314. The Kier molecular flexibility index (Phi) is 5.64. The van der Waals surface area contributed by atoms with Crippen molar-refractivity contribution in [2.45, 2.75) is 19.0 Å². The van der Waals surface area contributed by atoms with E-state index in [-0.39, 0.29) is 11.4 Å². The first-order valence-corrected chi connectivity index (χ1v) is 9.06. The molecule has 0 saturated heterocycles. The zero-order chi connectivity index (χ0) is 20.3. The molecule has 2 aromatic carbocycles. The molecular weight excluding hydrogens is 387 g/mol. The molecule has 0 aliphatic carbocycles. The summed E-state index contributed by atoms with van der Waals surface area (Å²) in [5.74, 6) is -1.43. The molecule has 28 heavy (non-hydrogen) atoms. The van der Waals surface area contributed by atoms with E-state index in [2.05, 4.69) is 20.8 Å². The van der Waals surface area contributed by atoms with Crippen LogP contribution in [0.25, 0.3) is 5.69 Å². The van der Waals surface area contributed by atoms with Crippen LogP contribution in [0.1, 0.15) is 11.1 Å². The van der Waals surface area contributed by atoms with Gasteiger partial charge in [0.05, 0.1) is 16.4 Å². The summed E-state index contributed by atoms with van der Waals surface area (Å²) in [6, 6.07) is 8.92. The van der Waals surface area contributed by atoms with Crippen molar-refractivity contribution < 1.29 is 14.1 Å². The van der Waals surface area contributed by atoms with Crippen molar-refractivity contribution in [3.05, 3.63) is 63.5 Å². The van der Waals surface area contributed by atoms with E-state index in [1.165, 1.54) is 10.7 Å². The van der Waals surface area contributed by atoms with Crippen LogP contribution < -0.4 is 5.32 Å². The summed E-state index contributed by atoms with van der Waals surface area (Å²) < 4.78 is 14.9. The topological polar surface area (TPSA) is 116 Å². The Morgan fingerprint density at radius 3 is 2.75 bits per heavy atom. The van der Waals surface area contributed by atoms with E-state index in [0.717, 1.165) is 40.7 Å². The fourth-order valence-electron chi connectivity index (χ4n) is 2.35. The van der Waals surface area contributed by atoms with Crippen LogP contribution in [0.15, 0.2) is 41.6 Å². The molecule has 11 heteroatoms. The number of nitro groups is 1. The molecule has 1 aromatic heterocycles. The summed E-state index contributed by atoms with van der Waals surface area (Å²) in [6.07, 6.45) is 0. The molecular formula is C17H15FN6O3S. The van der Waals surface area contributed by atoms with Gasteiger partial charge < -0.3 is 5.32 Å². The number of aromatic nitrogens is 4. The Morgan fingerprint density at radius 2 is 2.04 bits per heavy atom. The molecule has 1 N–H and O–H groups in total. The maximum Gasteiger partial charge on any atom is 0.306 e. The summed E-state index contributed by atoms with van der Waals surface area (Å²) in [4.78, 5) is 22.1. The van der Waals surface area contributed by atoms with Crippen LogP contribution >= 0.6 is 11.8 Å². The summed E-state index contributed by atoms with van der Waals surface area (Å²) in [7, 11) is 0. The monoisotopic (exact) mass is 402 g/mol. The third-order valence-corrected chi connectivity index (χ3v) is 4.85. The average molecular weight is 402 g/mol. The van der Waals surface area contributed by atoms with E-state index in [9.17, 15) is 19.3 Å². The number of thioether (sulfide) groups is 1. The number of carbonyl (C=O) groups is 1. The molecule has 0 unspecified atom stereocenters. The lowest BCUT2D eigenvalue weighted by Gasteiger charge is -2.07. The van der Waals surface area contributed by atoms with Gasteiger partial charge in [-0.25, -0.2) is 0 Å².